The Bertz CT molecular complexity index is 1150. The van der Waals surface area contributed by atoms with E-state index < -0.39 is 0 Å². The highest BCUT2D eigenvalue weighted by Gasteiger charge is 2.53. The summed E-state index contributed by atoms with van der Waals surface area (Å²) in [4.78, 5) is 19.6. The van der Waals surface area contributed by atoms with Gasteiger partial charge in [0.05, 0.1) is 17.7 Å². The molecule has 0 saturated carbocycles. The Labute approximate surface area is 196 Å². The first-order valence-electron chi connectivity index (χ1n) is 12.0. The lowest BCUT2D eigenvalue weighted by Gasteiger charge is -2.44. The van der Waals surface area contributed by atoms with Crippen LogP contribution in [0.15, 0.2) is 60.8 Å². The van der Waals surface area contributed by atoms with Gasteiger partial charge in [-0.15, -0.1) is 0 Å². The number of aromatic nitrogens is 1. The van der Waals surface area contributed by atoms with Crippen LogP contribution in [0.2, 0.25) is 0 Å². The third-order valence-electron chi connectivity index (χ3n) is 7.58. The van der Waals surface area contributed by atoms with Crippen LogP contribution in [0.3, 0.4) is 0 Å². The molecule has 0 radical (unpaired) electrons. The van der Waals surface area contributed by atoms with E-state index in [1.165, 1.54) is 22.1 Å². The Kier molecular flexibility index (Phi) is 5.94. The van der Waals surface area contributed by atoms with E-state index in [4.69, 9.17) is 4.74 Å². The number of carbonyl (C=O) groups is 1. The first kappa shape index (κ1) is 22.1. The van der Waals surface area contributed by atoms with Gasteiger partial charge in [0.25, 0.3) is 0 Å². The molecule has 5 heteroatoms. The number of hydrogen-bond acceptors (Lipinski definition) is 4. The molecule has 1 aliphatic heterocycles. The fourth-order valence-corrected chi connectivity index (χ4v) is 5.84. The molecule has 1 aromatic heterocycles. The van der Waals surface area contributed by atoms with Crippen molar-refractivity contribution >= 4 is 16.8 Å². The zero-order valence-electron chi connectivity index (χ0n) is 19.8. The highest BCUT2D eigenvalue weighted by molar-refractivity contribution is 5.79. The van der Waals surface area contributed by atoms with Gasteiger partial charge in [-0.3, -0.25) is 14.7 Å². The zero-order chi connectivity index (χ0) is 23.0. The highest BCUT2D eigenvalue weighted by atomic mass is 16.5. The van der Waals surface area contributed by atoms with Crippen LogP contribution in [0.1, 0.15) is 49.4 Å². The molecule has 5 nitrogen and oxygen atoms in total. The minimum absolute atomic E-state index is 0.0495. The first-order valence-corrected chi connectivity index (χ1v) is 12.0. The molecule has 1 N–H and O–H groups in total. The van der Waals surface area contributed by atoms with Crippen LogP contribution < -0.4 is 5.32 Å². The average molecular weight is 444 g/mol. The van der Waals surface area contributed by atoms with Crippen molar-refractivity contribution in [1.82, 2.24) is 15.2 Å². The Balaban J connectivity index is 1.36. The number of piperidine rings is 1. The van der Waals surface area contributed by atoms with Gasteiger partial charge in [0.15, 0.2) is 0 Å². The summed E-state index contributed by atoms with van der Waals surface area (Å²) in [6.45, 7) is 6.83. The standard InChI is InChI=1S/C28H33N3O2/c1-19(2)27(32)30-25-22-8-4-5-9-23(22)28(26(25)33-3)12-15-31(16-13-28)18-20-10-11-24-21(17-20)7-6-14-29-24/h4-11,14,17,19,25-26H,12-13,15-16,18H2,1-3H3,(H,30,32)/t25-,26+/m0/s1. The molecule has 5 rings (SSSR count). The summed E-state index contributed by atoms with van der Waals surface area (Å²) >= 11 is 0. The summed E-state index contributed by atoms with van der Waals surface area (Å²) in [7, 11) is 1.79. The number of nitrogens with one attached hydrogen (secondary N) is 1. The second-order valence-electron chi connectivity index (χ2n) is 9.85. The topological polar surface area (TPSA) is 54.5 Å². The Hall–Kier alpha value is -2.76. The summed E-state index contributed by atoms with van der Waals surface area (Å²) in [5.41, 5.74) is 4.86. The minimum atomic E-state index is -0.0966. The Morgan fingerprint density at radius 3 is 2.70 bits per heavy atom. The minimum Gasteiger partial charge on any atom is -0.378 e. The number of carbonyl (C=O) groups excluding carboxylic acids is 1. The smallest absolute Gasteiger partial charge is 0.223 e. The van der Waals surface area contributed by atoms with Crippen LogP contribution in [0.4, 0.5) is 0 Å². The summed E-state index contributed by atoms with van der Waals surface area (Å²) < 4.78 is 6.14. The van der Waals surface area contributed by atoms with Crippen molar-refractivity contribution in [2.24, 2.45) is 5.92 Å². The van der Waals surface area contributed by atoms with E-state index in [1.54, 1.807) is 7.11 Å². The van der Waals surface area contributed by atoms with Crippen LogP contribution in [-0.4, -0.2) is 42.1 Å². The summed E-state index contributed by atoms with van der Waals surface area (Å²) in [6.07, 6.45) is 3.83. The van der Waals surface area contributed by atoms with Crippen LogP contribution in [0.25, 0.3) is 10.9 Å². The molecular formula is C28H33N3O2. The van der Waals surface area contributed by atoms with Crippen molar-refractivity contribution in [1.29, 1.82) is 0 Å². The SMILES string of the molecule is CO[C@@H]1[C@@H](NC(=O)C(C)C)c2ccccc2C12CCN(Cc1ccc3ncccc3c1)CC2. The number of methoxy groups -OCH3 is 1. The van der Waals surface area contributed by atoms with E-state index in [1.807, 2.05) is 26.1 Å². The maximum atomic E-state index is 12.6. The number of benzene rings is 2. The largest absolute Gasteiger partial charge is 0.378 e. The van der Waals surface area contributed by atoms with Crippen molar-refractivity contribution in [3.05, 3.63) is 77.5 Å². The number of rotatable bonds is 5. The Morgan fingerprint density at radius 1 is 1.15 bits per heavy atom. The van der Waals surface area contributed by atoms with Gasteiger partial charge >= 0.3 is 0 Å². The first-order chi connectivity index (χ1) is 16.0. The molecule has 172 valence electrons. The van der Waals surface area contributed by atoms with Gasteiger partial charge in [-0.25, -0.2) is 0 Å². The second kappa shape index (κ2) is 8.88. The van der Waals surface area contributed by atoms with Gasteiger partial charge in [-0.1, -0.05) is 50.2 Å². The molecule has 0 unspecified atom stereocenters. The molecule has 2 atom stereocenters. The quantitative estimate of drug-likeness (QED) is 0.626. The predicted octanol–water partition coefficient (Wildman–Crippen LogP) is 4.61. The highest BCUT2D eigenvalue weighted by Crippen LogP contribution is 2.52. The van der Waals surface area contributed by atoms with Crippen LogP contribution in [0, 0.1) is 5.92 Å². The molecule has 2 heterocycles. The second-order valence-corrected chi connectivity index (χ2v) is 9.85. The number of amides is 1. The Morgan fingerprint density at radius 2 is 1.94 bits per heavy atom. The van der Waals surface area contributed by atoms with Gasteiger partial charge in [-0.2, -0.15) is 0 Å². The predicted molar refractivity (Wildman–Crippen MR) is 131 cm³/mol. The molecule has 1 spiro atoms. The van der Waals surface area contributed by atoms with Crippen molar-refractivity contribution in [3.63, 3.8) is 0 Å². The third kappa shape index (κ3) is 3.94. The van der Waals surface area contributed by atoms with E-state index in [0.29, 0.717) is 0 Å². The fourth-order valence-electron chi connectivity index (χ4n) is 5.84. The van der Waals surface area contributed by atoms with Crippen LogP contribution in [0.5, 0.6) is 0 Å². The number of ether oxygens (including phenoxy) is 1. The number of hydrogen-bond donors (Lipinski definition) is 1. The van der Waals surface area contributed by atoms with E-state index >= 15 is 0 Å². The fraction of sp³-hybridized carbons (Fsp3) is 0.429. The molecule has 1 aliphatic carbocycles. The maximum Gasteiger partial charge on any atom is 0.223 e. The summed E-state index contributed by atoms with van der Waals surface area (Å²) in [5.74, 6) is 0.0300. The lowest BCUT2D eigenvalue weighted by molar-refractivity contribution is -0.126. The summed E-state index contributed by atoms with van der Waals surface area (Å²) in [5, 5.41) is 4.48. The third-order valence-corrected chi connectivity index (χ3v) is 7.58. The van der Waals surface area contributed by atoms with E-state index in [0.717, 1.165) is 38.0 Å². The lowest BCUT2D eigenvalue weighted by atomic mass is 9.71. The molecule has 1 saturated heterocycles. The monoisotopic (exact) mass is 443 g/mol. The molecule has 1 amide bonds. The zero-order valence-corrected chi connectivity index (χ0v) is 19.8. The molecule has 2 aliphatic rings. The molecular weight excluding hydrogens is 410 g/mol. The number of nitrogens with zero attached hydrogens (tertiary/aromatic N) is 2. The molecule has 2 aromatic carbocycles. The molecule has 1 fully saturated rings. The normalized spacial score (nSPS) is 22.1. The summed E-state index contributed by atoms with van der Waals surface area (Å²) in [6, 6.07) is 19.2. The number of fused-ring (bicyclic) bond motifs is 3. The van der Waals surface area contributed by atoms with Crippen LogP contribution >= 0.6 is 0 Å². The number of likely N-dealkylation sites (tertiary alicyclic amines) is 1. The van der Waals surface area contributed by atoms with Crippen molar-refractivity contribution in [2.45, 2.75) is 50.8 Å². The van der Waals surface area contributed by atoms with Crippen LogP contribution in [-0.2, 0) is 21.5 Å². The van der Waals surface area contributed by atoms with Crippen molar-refractivity contribution < 1.29 is 9.53 Å². The maximum absolute atomic E-state index is 12.6. The van der Waals surface area contributed by atoms with E-state index in [9.17, 15) is 4.79 Å². The molecule has 33 heavy (non-hydrogen) atoms. The molecule has 0 bridgehead atoms. The van der Waals surface area contributed by atoms with Gasteiger partial charge in [0, 0.05) is 36.6 Å². The van der Waals surface area contributed by atoms with Gasteiger partial charge in [0.1, 0.15) is 0 Å². The van der Waals surface area contributed by atoms with Gasteiger partial charge in [0.2, 0.25) is 5.91 Å². The lowest BCUT2D eigenvalue weighted by Crippen LogP contribution is -2.50. The van der Waals surface area contributed by atoms with Gasteiger partial charge < -0.3 is 10.1 Å². The van der Waals surface area contributed by atoms with Crippen molar-refractivity contribution in [3.8, 4) is 0 Å². The molecule has 3 aromatic rings. The average Bonchev–Trinajstić information content (AvgIpc) is 3.09. The van der Waals surface area contributed by atoms with Gasteiger partial charge in [-0.05, 0) is 60.8 Å². The van der Waals surface area contributed by atoms with E-state index in [-0.39, 0.29) is 29.4 Å². The number of pyridine rings is 1. The van der Waals surface area contributed by atoms with Crippen molar-refractivity contribution in [2.75, 3.05) is 20.2 Å². The van der Waals surface area contributed by atoms with E-state index in [2.05, 4.69) is 63.7 Å².